The van der Waals surface area contributed by atoms with Gasteiger partial charge < -0.3 is 10.2 Å². The standard InChI is InChI=1S/C19H25N3OS/c1-4-18(16-7-6-12-20-13-16)21-19(23)22(5-2)14-15-8-10-17(24-3)11-9-15/h6-13,18H,4-5,14H2,1-3H3,(H,21,23)/t18-/m1/s1. The fourth-order valence-corrected chi connectivity index (χ4v) is 2.93. The fourth-order valence-electron chi connectivity index (χ4n) is 2.52. The second-order valence-corrected chi connectivity index (χ2v) is 6.44. The summed E-state index contributed by atoms with van der Waals surface area (Å²) in [6.45, 7) is 5.34. The van der Waals surface area contributed by atoms with Crippen LogP contribution in [0.2, 0.25) is 0 Å². The molecule has 0 fully saturated rings. The number of nitrogens with zero attached hydrogens (tertiary/aromatic N) is 2. The predicted molar refractivity (Wildman–Crippen MR) is 100 cm³/mol. The van der Waals surface area contributed by atoms with E-state index in [1.807, 2.05) is 30.2 Å². The number of thioether (sulfide) groups is 1. The molecular weight excluding hydrogens is 318 g/mol. The molecule has 2 amide bonds. The molecule has 1 heterocycles. The third-order valence-corrected chi connectivity index (χ3v) is 4.74. The zero-order valence-electron chi connectivity index (χ0n) is 14.5. The first-order valence-electron chi connectivity index (χ1n) is 8.26. The number of pyridine rings is 1. The van der Waals surface area contributed by atoms with Crippen molar-refractivity contribution in [3.8, 4) is 0 Å². The minimum atomic E-state index is -0.0397. The largest absolute Gasteiger partial charge is 0.331 e. The van der Waals surface area contributed by atoms with E-state index in [0.717, 1.165) is 17.5 Å². The van der Waals surface area contributed by atoms with Crippen molar-refractivity contribution in [2.75, 3.05) is 12.8 Å². The molecule has 0 unspecified atom stereocenters. The maximum Gasteiger partial charge on any atom is 0.318 e. The van der Waals surface area contributed by atoms with Crippen molar-refractivity contribution >= 4 is 17.8 Å². The molecule has 0 aliphatic rings. The average molecular weight is 343 g/mol. The molecule has 0 aliphatic heterocycles. The van der Waals surface area contributed by atoms with E-state index >= 15 is 0 Å². The van der Waals surface area contributed by atoms with Crippen LogP contribution in [0.3, 0.4) is 0 Å². The summed E-state index contributed by atoms with van der Waals surface area (Å²) in [6, 6.07) is 12.2. The van der Waals surface area contributed by atoms with Crippen molar-refractivity contribution in [1.29, 1.82) is 0 Å². The Kier molecular flexibility index (Phi) is 7.12. The van der Waals surface area contributed by atoms with Crippen LogP contribution >= 0.6 is 11.8 Å². The van der Waals surface area contributed by atoms with E-state index in [1.54, 1.807) is 18.0 Å². The van der Waals surface area contributed by atoms with Crippen LogP contribution in [0.15, 0.2) is 53.7 Å². The van der Waals surface area contributed by atoms with Crippen LogP contribution < -0.4 is 5.32 Å². The van der Waals surface area contributed by atoms with Crippen molar-refractivity contribution in [3.63, 3.8) is 0 Å². The molecular formula is C19H25N3OS. The first-order valence-corrected chi connectivity index (χ1v) is 9.48. The Labute approximate surface area is 148 Å². The summed E-state index contributed by atoms with van der Waals surface area (Å²) in [5.74, 6) is 0. The second kappa shape index (κ2) is 9.33. The molecule has 2 rings (SSSR count). The molecule has 0 radical (unpaired) electrons. The molecule has 24 heavy (non-hydrogen) atoms. The van der Waals surface area contributed by atoms with E-state index < -0.39 is 0 Å². The second-order valence-electron chi connectivity index (χ2n) is 5.56. The van der Waals surface area contributed by atoms with E-state index in [-0.39, 0.29) is 12.1 Å². The lowest BCUT2D eigenvalue weighted by atomic mass is 10.1. The number of nitrogens with one attached hydrogen (secondary N) is 1. The molecule has 1 atom stereocenters. The third kappa shape index (κ3) is 4.99. The molecule has 1 aromatic carbocycles. The van der Waals surface area contributed by atoms with Gasteiger partial charge in [0.2, 0.25) is 0 Å². The highest BCUT2D eigenvalue weighted by Crippen LogP contribution is 2.18. The number of carbonyl (C=O) groups excluding carboxylic acids is 1. The van der Waals surface area contributed by atoms with Gasteiger partial charge >= 0.3 is 6.03 Å². The molecule has 2 aromatic rings. The lowest BCUT2D eigenvalue weighted by Crippen LogP contribution is -2.41. The van der Waals surface area contributed by atoms with Gasteiger partial charge in [-0.15, -0.1) is 11.8 Å². The van der Waals surface area contributed by atoms with E-state index in [9.17, 15) is 4.79 Å². The average Bonchev–Trinajstić information content (AvgIpc) is 2.65. The van der Waals surface area contributed by atoms with E-state index in [0.29, 0.717) is 13.1 Å². The molecule has 1 N–H and O–H groups in total. The highest BCUT2D eigenvalue weighted by Gasteiger charge is 2.17. The molecule has 5 heteroatoms. The van der Waals surface area contributed by atoms with Crippen LogP contribution in [0, 0.1) is 0 Å². The summed E-state index contributed by atoms with van der Waals surface area (Å²) in [5.41, 5.74) is 2.17. The van der Waals surface area contributed by atoms with Crippen LogP contribution in [0.1, 0.15) is 37.4 Å². The topological polar surface area (TPSA) is 45.2 Å². The van der Waals surface area contributed by atoms with Crippen LogP contribution in [0.4, 0.5) is 4.79 Å². The Bertz CT molecular complexity index is 631. The molecule has 128 valence electrons. The molecule has 0 saturated carbocycles. The summed E-state index contributed by atoms with van der Waals surface area (Å²) in [6.07, 6.45) is 6.45. The summed E-state index contributed by atoms with van der Waals surface area (Å²) >= 11 is 1.72. The molecule has 0 saturated heterocycles. The summed E-state index contributed by atoms with van der Waals surface area (Å²) in [4.78, 5) is 19.8. The van der Waals surface area contributed by atoms with Gasteiger partial charge in [0.25, 0.3) is 0 Å². The number of carbonyl (C=O) groups is 1. The van der Waals surface area contributed by atoms with Crippen molar-refractivity contribution in [1.82, 2.24) is 15.2 Å². The van der Waals surface area contributed by atoms with Crippen molar-refractivity contribution in [2.45, 2.75) is 37.8 Å². The summed E-state index contributed by atoms with van der Waals surface area (Å²) < 4.78 is 0. The van der Waals surface area contributed by atoms with E-state index in [4.69, 9.17) is 0 Å². The normalized spacial score (nSPS) is 11.8. The lowest BCUT2D eigenvalue weighted by Gasteiger charge is -2.25. The zero-order chi connectivity index (χ0) is 17.4. The van der Waals surface area contributed by atoms with Crippen molar-refractivity contribution in [2.24, 2.45) is 0 Å². The van der Waals surface area contributed by atoms with Crippen LogP contribution in [0.5, 0.6) is 0 Å². The molecule has 4 nitrogen and oxygen atoms in total. The zero-order valence-corrected chi connectivity index (χ0v) is 15.3. The molecule has 0 spiro atoms. The first kappa shape index (κ1) is 18.3. The van der Waals surface area contributed by atoms with Gasteiger partial charge in [-0.05, 0) is 48.9 Å². The van der Waals surface area contributed by atoms with Gasteiger partial charge in [-0.3, -0.25) is 4.98 Å². The number of benzene rings is 1. The van der Waals surface area contributed by atoms with Crippen molar-refractivity contribution < 1.29 is 4.79 Å². The SMILES string of the molecule is CC[C@@H](NC(=O)N(CC)Cc1ccc(SC)cc1)c1cccnc1. The smallest absolute Gasteiger partial charge is 0.318 e. The van der Waals surface area contributed by atoms with Crippen LogP contribution in [0.25, 0.3) is 0 Å². The van der Waals surface area contributed by atoms with Crippen LogP contribution in [-0.4, -0.2) is 28.7 Å². The number of amides is 2. The third-order valence-electron chi connectivity index (χ3n) is 3.99. The predicted octanol–water partition coefficient (Wildman–Crippen LogP) is 4.49. The van der Waals surface area contributed by atoms with Crippen LogP contribution in [-0.2, 0) is 6.54 Å². The minimum absolute atomic E-state index is 0.0147. The summed E-state index contributed by atoms with van der Waals surface area (Å²) in [7, 11) is 0. The number of hydrogen-bond acceptors (Lipinski definition) is 3. The molecule has 0 bridgehead atoms. The Morgan fingerprint density at radius 1 is 1.25 bits per heavy atom. The van der Waals surface area contributed by atoms with Gasteiger partial charge in [0, 0.05) is 30.4 Å². The lowest BCUT2D eigenvalue weighted by molar-refractivity contribution is 0.193. The fraction of sp³-hybridized carbons (Fsp3) is 0.368. The Morgan fingerprint density at radius 2 is 2.00 bits per heavy atom. The highest BCUT2D eigenvalue weighted by atomic mass is 32.2. The monoisotopic (exact) mass is 343 g/mol. The van der Waals surface area contributed by atoms with E-state index in [1.165, 1.54) is 4.90 Å². The number of rotatable bonds is 7. The highest BCUT2D eigenvalue weighted by molar-refractivity contribution is 7.98. The quantitative estimate of drug-likeness (QED) is 0.754. The van der Waals surface area contributed by atoms with Gasteiger partial charge in [-0.1, -0.05) is 25.1 Å². The van der Waals surface area contributed by atoms with Crippen molar-refractivity contribution in [3.05, 3.63) is 59.9 Å². The molecule has 0 aliphatic carbocycles. The molecule has 1 aromatic heterocycles. The first-order chi connectivity index (χ1) is 11.7. The Hall–Kier alpha value is -2.01. The van der Waals surface area contributed by atoms with Gasteiger partial charge in [0.1, 0.15) is 0 Å². The summed E-state index contributed by atoms with van der Waals surface area (Å²) in [5, 5.41) is 3.12. The number of aromatic nitrogens is 1. The van der Waals surface area contributed by atoms with Gasteiger partial charge in [0.15, 0.2) is 0 Å². The number of hydrogen-bond donors (Lipinski definition) is 1. The number of urea groups is 1. The Balaban J connectivity index is 2.01. The maximum absolute atomic E-state index is 12.6. The van der Waals surface area contributed by atoms with Gasteiger partial charge in [0.05, 0.1) is 6.04 Å². The van der Waals surface area contributed by atoms with Gasteiger partial charge in [-0.2, -0.15) is 0 Å². The van der Waals surface area contributed by atoms with E-state index in [2.05, 4.69) is 47.7 Å². The Morgan fingerprint density at radius 3 is 2.54 bits per heavy atom. The van der Waals surface area contributed by atoms with Gasteiger partial charge in [-0.25, -0.2) is 4.79 Å². The minimum Gasteiger partial charge on any atom is -0.331 e. The maximum atomic E-state index is 12.6.